The van der Waals surface area contributed by atoms with Crippen LogP contribution in [0.5, 0.6) is 0 Å². The van der Waals surface area contributed by atoms with Crippen LogP contribution < -0.4 is 10.6 Å². The predicted octanol–water partition coefficient (Wildman–Crippen LogP) is 2.75. The van der Waals surface area contributed by atoms with Gasteiger partial charge in [-0.15, -0.1) is 0 Å². The number of alkyl halides is 3. The lowest BCUT2D eigenvalue weighted by Gasteiger charge is -2.24. The molecule has 3 N–H and O–H groups in total. The number of aryl methyl sites for hydroxylation is 1. The van der Waals surface area contributed by atoms with E-state index in [1.54, 1.807) is 12.2 Å². The van der Waals surface area contributed by atoms with Crippen molar-refractivity contribution in [3.05, 3.63) is 41.5 Å². The van der Waals surface area contributed by atoms with E-state index in [9.17, 15) is 32.7 Å². The Morgan fingerprint density at radius 2 is 1.79 bits per heavy atom. The maximum atomic E-state index is 12.8. The van der Waals surface area contributed by atoms with Gasteiger partial charge in [0.05, 0.1) is 11.8 Å². The number of fused-ring (bicyclic) bond motifs is 2. The van der Waals surface area contributed by atoms with E-state index in [-0.39, 0.29) is 23.1 Å². The molecule has 2 bridgehead atoms. The highest BCUT2D eigenvalue weighted by atomic mass is 19.4. The standard InChI is InChI=1S/C19H19F3N2O4/c1-9-2-3-12(16(25)23-8-19(20,21)22)7-13(9)24-17(26)14-10-4-5-11(6-10)15(14)18(27)28/h2-5,7,10-11,14-15H,6,8H2,1H3,(H,23,25)(H,24,26)(H,27,28). The van der Waals surface area contributed by atoms with Crippen molar-refractivity contribution in [3.63, 3.8) is 0 Å². The van der Waals surface area contributed by atoms with Gasteiger partial charge in [-0.05, 0) is 42.9 Å². The number of amides is 2. The van der Waals surface area contributed by atoms with Crippen molar-refractivity contribution < 1.29 is 32.7 Å². The Bertz CT molecular complexity index is 850. The number of benzene rings is 1. The highest BCUT2D eigenvalue weighted by molar-refractivity contribution is 5.99. The fourth-order valence-corrected chi connectivity index (χ4v) is 3.91. The van der Waals surface area contributed by atoms with Gasteiger partial charge in [0, 0.05) is 11.3 Å². The van der Waals surface area contributed by atoms with E-state index in [2.05, 4.69) is 5.32 Å². The van der Waals surface area contributed by atoms with Crippen molar-refractivity contribution in [1.29, 1.82) is 0 Å². The van der Waals surface area contributed by atoms with Gasteiger partial charge in [-0.3, -0.25) is 14.4 Å². The Morgan fingerprint density at radius 1 is 1.14 bits per heavy atom. The number of aliphatic carboxylic acids is 1. The Morgan fingerprint density at radius 3 is 2.39 bits per heavy atom. The van der Waals surface area contributed by atoms with Crippen LogP contribution in [0.4, 0.5) is 18.9 Å². The molecule has 9 heteroatoms. The van der Waals surface area contributed by atoms with Crippen molar-refractivity contribution in [2.45, 2.75) is 19.5 Å². The lowest BCUT2D eigenvalue weighted by Crippen LogP contribution is -2.36. The van der Waals surface area contributed by atoms with Gasteiger partial charge in [0.2, 0.25) is 5.91 Å². The normalized spacial score (nSPS) is 25.6. The fraction of sp³-hybridized carbons (Fsp3) is 0.421. The number of hydrogen-bond donors (Lipinski definition) is 3. The summed E-state index contributed by atoms with van der Waals surface area (Å²) in [6, 6.07) is 4.16. The van der Waals surface area contributed by atoms with Gasteiger partial charge in [-0.1, -0.05) is 18.2 Å². The first-order valence-electron chi connectivity index (χ1n) is 8.74. The molecule has 0 heterocycles. The van der Waals surface area contributed by atoms with Crippen LogP contribution in [0, 0.1) is 30.6 Å². The number of anilines is 1. The number of rotatable bonds is 5. The zero-order valence-corrected chi connectivity index (χ0v) is 14.9. The summed E-state index contributed by atoms with van der Waals surface area (Å²) >= 11 is 0. The number of allylic oxidation sites excluding steroid dienone is 2. The Balaban J connectivity index is 1.75. The zero-order chi connectivity index (χ0) is 20.6. The van der Waals surface area contributed by atoms with Crippen LogP contribution in [0.2, 0.25) is 0 Å². The first-order valence-corrected chi connectivity index (χ1v) is 8.74. The van der Waals surface area contributed by atoms with Gasteiger partial charge in [0.1, 0.15) is 6.54 Å². The number of carboxylic acid groups (broad SMARTS) is 1. The second-order valence-electron chi connectivity index (χ2n) is 7.15. The van der Waals surface area contributed by atoms with Crippen LogP contribution in [0.3, 0.4) is 0 Å². The molecule has 1 aromatic rings. The lowest BCUT2D eigenvalue weighted by atomic mass is 9.82. The largest absolute Gasteiger partial charge is 0.481 e. The van der Waals surface area contributed by atoms with Crippen molar-refractivity contribution in [1.82, 2.24) is 5.32 Å². The van der Waals surface area contributed by atoms with Crippen molar-refractivity contribution in [2.75, 3.05) is 11.9 Å². The van der Waals surface area contributed by atoms with E-state index in [4.69, 9.17) is 0 Å². The van der Waals surface area contributed by atoms with Crippen LogP contribution in [0.1, 0.15) is 22.3 Å². The molecule has 1 fully saturated rings. The molecule has 3 rings (SSSR count). The van der Waals surface area contributed by atoms with Gasteiger partial charge < -0.3 is 15.7 Å². The Hall–Kier alpha value is -2.84. The van der Waals surface area contributed by atoms with Crippen LogP contribution in [-0.4, -0.2) is 35.6 Å². The SMILES string of the molecule is Cc1ccc(C(=O)NCC(F)(F)F)cc1NC(=O)C1C2C=CC(C2)C1C(=O)O. The third-order valence-electron chi connectivity index (χ3n) is 5.25. The highest BCUT2D eigenvalue weighted by Gasteiger charge is 2.51. The molecule has 150 valence electrons. The smallest absolute Gasteiger partial charge is 0.405 e. The van der Waals surface area contributed by atoms with Crippen molar-refractivity contribution >= 4 is 23.5 Å². The summed E-state index contributed by atoms with van der Waals surface area (Å²) in [4.78, 5) is 36.2. The topological polar surface area (TPSA) is 95.5 Å². The number of carboxylic acids is 1. The molecule has 0 saturated heterocycles. The monoisotopic (exact) mass is 396 g/mol. The second-order valence-corrected chi connectivity index (χ2v) is 7.15. The van der Waals surface area contributed by atoms with Crippen LogP contribution >= 0.6 is 0 Å². The first-order chi connectivity index (χ1) is 13.1. The van der Waals surface area contributed by atoms with E-state index in [0.717, 1.165) is 0 Å². The molecule has 2 aliphatic rings. The molecule has 0 spiro atoms. The molecule has 2 aliphatic carbocycles. The van der Waals surface area contributed by atoms with E-state index in [0.29, 0.717) is 12.0 Å². The molecule has 4 atom stereocenters. The Kier molecular flexibility index (Phi) is 5.18. The third kappa shape index (κ3) is 4.02. The summed E-state index contributed by atoms with van der Waals surface area (Å²) in [6.45, 7) is 0.210. The quantitative estimate of drug-likeness (QED) is 0.667. The minimum Gasteiger partial charge on any atom is -0.481 e. The second kappa shape index (κ2) is 7.29. The minimum atomic E-state index is -4.53. The molecule has 0 aliphatic heterocycles. The Labute approximate surface area is 158 Å². The van der Waals surface area contributed by atoms with Crippen molar-refractivity contribution in [3.8, 4) is 0 Å². The molecular weight excluding hydrogens is 377 g/mol. The number of hydrogen-bond acceptors (Lipinski definition) is 3. The van der Waals surface area contributed by atoms with Crippen molar-refractivity contribution in [2.24, 2.45) is 23.7 Å². The number of carbonyl (C=O) groups is 3. The van der Waals surface area contributed by atoms with E-state index in [1.807, 2.05) is 12.2 Å². The van der Waals surface area contributed by atoms with E-state index < -0.39 is 42.3 Å². The predicted molar refractivity (Wildman–Crippen MR) is 93.5 cm³/mol. The summed E-state index contributed by atoms with van der Waals surface area (Å²) in [6.07, 6.45) is -0.251. The van der Waals surface area contributed by atoms with Crippen LogP contribution in [0.15, 0.2) is 30.4 Å². The molecule has 1 aromatic carbocycles. The van der Waals surface area contributed by atoms with Gasteiger partial charge in [0.15, 0.2) is 0 Å². The summed E-state index contributed by atoms with van der Waals surface area (Å²) < 4.78 is 36.8. The van der Waals surface area contributed by atoms with Gasteiger partial charge in [-0.25, -0.2) is 0 Å². The molecule has 0 aromatic heterocycles. The highest BCUT2D eigenvalue weighted by Crippen LogP contribution is 2.48. The van der Waals surface area contributed by atoms with E-state index >= 15 is 0 Å². The minimum absolute atomic E-state index is 0.0345. The maximum absolute atomic E-state index is 12.8. The molecule has 28 heavy (non-hydrogen) atoms. The molecular formula is C19H19F3N2O4. The average molecular weight is 396 g/mol. The van der Waals surface area contributed by atoms with Crippen LogP contribution in [-0.2, 0) is 9.59 Å². The maximum Gasteiger partial charge on any atom is 0.405 e. The summed E-state index contributed by atoms with van der Waals surface area (Å²) in [5.74, 6) is -4.31. The summed E-state index contributed by atoms with van der Waals surface area (Å²) in [5.41, 5.74) is 0.833. The molecule has 6 nitrogen and oxygen atoms in total. The van der Waals surface area contributed by atoms with E-state index in [1.165, 1.54) is 18.2 Å². The van der Waals surface area contributed by atoms with Crippen LogP contribution in [0.25, 0.3) is 0 Å². The zero-order valence-electron chi connectivity index (χ0n) is 14.9. The first kappa shape index (κ1) is 19.9. The summed E-state index contributed by atoms with van der Waals surface area (Å²) in [5, 5.41) is 13.9. The number of nitrogens with one attached hydrogen (secondary N) is 2. The fourth-order valence-electron chi connectivity index (χ4n) is 3.91. The van der Waals surface area contributed by atoms with Gasteiger partial charge in [0.25, 0.3) is 5.91 Å². The third-order valence-corrected chi connectivity index (χ3v) is 5.25. The van der Waals surface area contributed by atoms with Gasteiger partial charge >= 0.3 is 12.1 Å². The molecule has 4 unspecified atom stereocenters. The number of halogens is 3. The summed E-state index contributed by atoms with van der Waals surface area (Å²) in [7, 11) is 0. The average Bonchev–Trinajstić information content (AvgIpc) is 3.22. The molecule has 1 saturated carbocycles. The lowest BCUT2D eigenvalue weighted by molar-refractivity contribution is -0.146. The van der Waals surface area contributed by atoms with Gasteiger partial charge in [-0.2, -0.15) is 13.2 Å². The molecule has 2 amide bonds. The molecule has 0 radical (unpaired) electrons. The number of carbonyl (C=O) groups excluding carboxylic acids is 2.